The summed E-state index contributed by atoms with van der Waals surface area (Å²) in [5, 5.41) is 2.58. The molecule has 1 aliphatic heterocycles. The molecule has 8 heteroatoms. The van der Waals surface area contributed by atoms with Gasteiger partial charge in [-0.15, -0.1) is 0 Å². The van der Waals surface area contributed by atoms with Gasteiger partial charge in [0, 0.05) is 26.1 Å². The molecule has 1 saturated heterocycles. The first-order chi connectivity index (χ1) is 10.9. The average Bonchev–Trinajstić information content (AvgIpc) is 2.60. The van der Waals surface area contributed by atoms with Crippen molar-refractivity contribution in [1.82, 2.24) is 9.62 Å². The molecule has 126 valence electrons. The van der Waals surface area contributed by atoms with Crippen LogP contribution < -0.4 is 5.32 Å². The molecule has 1 aliphatic rings. The van der Waals surface area contributed by atoms with E-state index < -0.39 is 16.0 Å². The first-order valence-electron chi connectivity index (χ1n) is 7.31. The van der Waals surface area contributed by atoms with Crippen molar-refractivity contribution in [1.29, 1.82) is 0 Å². The lowest BCUT2D eigenvalue weighted by molar-refractivity contribution is -0.125. The number of methoxy groups -OCH3 is 1. The highest BCUT2D eigenvalue weighted by atomic mass is 32.2. The molecular weight excluding hydrogens is 320 g/mol. The monoisotopic (exact) mass is 340 g/mol. The van der Waals surface area contributed by atoms with E-state index in [9.17, 15) is 18.0 Å². The number of hydrogen-bond acceptors (Lipinski definition) is 5. The maximum atomic E-state index is 12.8. The minimum Gasteiger partial charge on any atom is -0.465 e. The molecule has 1 amide bonds. The van der Waals surface area contributed by atoms with Gasteiger partial charge in [0.15, 0.2) is 0 Å². The average molecular weight is 340 g/mol. The van der Waals surface area contributed by atoms with E-state index in [4.69, 9.17) is 0 Å². The minimum absolute atomic E-state index is 0.0171. The summed E-state index contributed by atoms with van der Waals surface area (Å²) in [6.07, 6.45) is 0.915. The van der Waals surface area contributed by atoms with Gasteiger partial charge in [0.2, 0.25) is 15.9 Å². The minimum atomic E-state index is -3.80. The van der Waals surface area contributed by atoms with Crippen molar-refractivity contribution in [3.05, 3.63) is 29.8 Å². The molecule has 2 rings (SSSR count). The van der Waals surface area contributed by atoms with Gasteiger partial charge in [0.1, 0.15) is 0 Å². The Morgan fingerprint density at radius 1 is 1.22 bits per heavy atom. The van der Waals surface area contributed by atoms with Crippen LogP contribution in [0.1, 0.15) is 23.2 Å². The SMILES string of the molecule is CNC(=O)C1CCN(S(=O)(=O)c2ccccc2C(=O)OC)CC1. The quantitative estimate of drug-likeness (QED) is 0.811. The van der Waals surface area contributed by atoms with Crippen LogP contribution in [0.15, 0.2) is 29.2 Å². The van der Waals surface area contributed by atoms with Crippen molar-refractivity contribution in [2.24, 2.45) is 5.92 Å². The molecule has 1 fully saturated rings. The van der Waals surface area contributed by atoms with E-state index in [2.05, 4.69) is 10.1 Å². The molecule has 1 aromatic rings. The van der Waals surface area contributed by atoms with Crippen LogP contribution in [-0.4, -0.2) is 51.8 Å². The second-order valence-corrected chi connectivity index (χ2v) is 7.19. The summed E-state index contributed by atoms with van der Waals surface area (Å²) < 4.78 is 31.5. The second kappa shape index (κ2) is 7.10. The van der Waals surface area contributed by atoms with E-state index in [0.717, 1.165) is 0 Å². The predicted molar refractivity (Wildman–Crippen MR) is 83.3 cm³/mol. The number of nitrogens with one attached hydrogen (secondary N) is 1. The smallest absolute Gasteiger partial charge is 0.339 e. The highest BCUT2D eigenvalue weighted by molar-refractivity contribution is 7.89. The van der Waals surface area contributed by atoms with Gasteiger partial charge in [-0.25, -0.2) is 13.2 Å². The number of hydrogen-bond donors (Lipinski definition) is 1. The van der Waals surface area contributed by atoms with Gasteiger partial charge in [0.05, 0.1) is 17.6 Å². The number of sulfonamides is 1. The molecule has 0 bridgehead atoms. The Morgan fingerprint density at radius 3 is 2.39 bits per heavy atom. The van der Waals surface area contributed by atoms with Crippen molar-refractivity contribution < 1.29 is 22.7 Å². The molecule has 1 heterocycles. The van der Waals surface area contributed by atoms with Gasteiger partial charge in [-0.1, -0.05) is 12.1 Å². The van der Waals surface area contributed by atoms with Crippen LogP contribution in [-0.2, 0) is 19.6 Å². The van der Waals surface area contributed by atoms with Crippen LogP contribution in [0.3, 0.4) is 0 Å². The number of ether oxygens (including phenoxy) is 1. The summed E-state index contributed by atoms with van der Waals surface area (Å²) >= 11 is 0. The molecule has 0 saturated carbocycles. The maximum absolute atomic E-state index is 12.8. The number of rotatable bonds is 4. The maximum Gasteiger partial charge on any atom is 0.339 e. The summed E-state index contributed by atoms with van der Waals surface area (Å²) in [4.78, 5) is 23.4. The van der Waals surface area contributed by atoms with Crippen molar-refractivity contribution in [2.75, 3.05) is 27.2 Å². The summed E-state index contributed by atoms with van der Waals surface area (Å²) in [7, 11) is -1.03. The Kier molecular flexibility index (Phi) is 5.38. The van der Waals surface area contributed by atoms with Crippen molar-refractivity contribution >= 4 is 21.9 Å². The molecular formula is C15H20N2O5S. The van der Waals surface area contributed by atoms with Gasteiger partial charge < -0.3 is 10.1 Å². The van der Waals surface area contributed by atoms with E-state index in [0.29, 0.717) is 12.8 Å². The third-order valence-corrected chi connectivity index (χ3v) is 5.94. The van der Waals surface area contributed by atoms with E-state index in [1.807, 2.05) is 0 Å². The third kappa shape index (κ3) is 3.53. The topological polar surface area (TPSA) is 92.8 Å². The molecule has 0 radical (unpaired) electrons. The first kappa shape index (κ1) is 17.4. The number of amides is 1. The summed E-state index contributed by atoms with van der Waals surface area (Å²) in [6.45, 7) is 0.492. The number of piperidine rings is 1. The standard InChI is InChI=1S/C15H20N2O5S/c1-16-14(18)11-7-9-17(10-8-11)23(20,21)13-6-4-3-5-12(13)15(19)22-2/h3-6,11H,7-10H2,1-2H3,(H,16,18). The van der Waals surface area contributed by atoms with E-state index >= 15 is 0 Å². The molecule has 0 unspecified atom stereocenters. The van der Waals surface area contributed by atoms with Gasteiger partial charge in [-0.2, -0.15) is 4.31 Å². The molecule has 0 aliphatic carbocycles. The van der Waals surface area contributed by atoms with Crippen LogP contribution in [0.4, 0.5) is 0 Å². The number of esters is 1. The van der Waals surface area contributed by atoms with Crippen LogP contribution in [0.2, 0.25) is 0 Å². The Labute approximate surface area is 135 Å². The van der Waals surface area contributed by atoms with Crippen LogP contribution in [0.5, 0.6) is 0 Å². The highest BCUT2D eigenvalue weighted by Crippen LogP contribution is 2.26. The van der Waals surface area contributed by atoms with E-state index in [1.54, 1.807) is 19.2 Å². The van der Waals surface area contributed by atoms with Gasteiger partial charge in [-0.3, -0.25) is 4.79 Å². The molecule has 0 spiro atoms. The molecule has 0 atom stereocenters. The van der Waals surface area contributed by atoms with E-state index in [-0.39, 0.29) is 35.4 Å². The molecule has 1 N–H and O–H groups in total. The van der Waals surface area contributed by atoms with Crippen LogP contribution >= 0.6 is 0 Å². The number of benzene rings is 1. The Bertz CT molecular complexity index is 694. The van der Waals surface area contributed by atoms with Crippen molar-refractivity contribution in [3.63, 3.8) is 0 Å². The molecule has 0 aromatic heterocycles. The Balaban J connectivity index is 2.24. The lowest BCUT2D eigenvalue weighted by atomic mass is 9.97. The zero-order valence-corrected chi connectivity index (χ0v) is 13.9. The van der Waals surface area contributed by atoms with Crippen LogP contribution in [0.25, 0.3) is 0 Å². The van der Waals surface area contributed by atoms with Gasteiger partial charge in [-0.05, 0) is 25.0 Å². The summed E-state index contributed by atoms with van der Waals surface area (Å²) in [5.74, 6) is -0.941. The van der Waals surface area contributed by atoms with Gasteiger partial charge >= 0.3 is 5.97 Å². The first-order valence-corrected chi connectivity index (χ1v) is 8.75. The number of carbonyl (C=O) groups is 2. The Hall–Kier alpha value is -1.93. The zero-order valence-electron chi connectivity index (χ0n) is 13.1. The number of nitrogens with zero attached hydrogens (tertiary/aromatic N) is 1. The summed E-state index contributed by atoms with van der Waals surface area (Å²) in [6, 6.07) is 5.97. The predicted octanol–water partition coefficient (Wildman–Crippen LogP) is 0.620. The van der Waals surface area contributed by atoms with Crippen LogP contribution in [0, 0.1) is 5.92 Å². The van der Waals surface area contributed by atoms with Crippen molar-refractivity contribution in [2.45, 2.75) is 17.7 Å². The number of carbonyl (C=O) groups excluding carboxylic acids is 2. The largest absolute Gasteiger partial charge is 0.465 e. The zero-order chi connectivity index (χ0) is 17.0. The molecule has 1 aromatic carbocycles. The molecule has 23 heavy (non-hydrogen) atoms. The fourth-order valence-corrected chi connectivity index (χ4v) is 4.32. The molecule has 7 nitrogen and oxygen atoms in total. The summed E-state index contributed by atoms with van der Waals surface area (Å²) in [5.41, 5.74) is 0.0171. The van der Waals surface area contributed by atoms with Gasteiger partial charge in [0.25, 0.3) is 0 Å². The fourth-order valence-electron chi connectivity index (χ4n) is 2.67. The lowest BCUT2D eigenvalue weighted by Gasteiger charge is -2.30. The fraction of sp³-hybridized carbons (Fsp3) is 0.467. The highest BCUT2D eigenvalue weighted by Gasteiger charge is 2.33. The van der Waals surface area contributed by atoms with E-state index in [1.165, 1.54) is 23.5 Å². The van der Waals surface area contributed by atoms with Crippen molar-refractivity contribution in [3.8, 4) is 0 Å². The third-order valence-electron chi connectivity index (χ3n) is 3.98. The Morgan fingerprint density at radius 2 is 1.83 bits per heavy atom. The lowest BCUT2D eigenvalue weighted by Crippen LogP contribution is -2.42. The normalized spacial score (nSPS) is 16.8. The second-order valence-electron chi connectivity index (χ2n) is 5.28.